The highest BCUT2D eigenvalue weighted by molar-refractivity contribution is 6.03. The molecule has 0 bridgehead atoms. The summed E-state index contributed by atoms with van der Waals surface area (Å²) >= 11 is 0. The first-order chi connectivity index (χ1) is 11.7. The molecule has 1 unspecified atom stereocenters. The fourth-order valence-corrected chi connectivity index (χ4v) is 2.41. The van der Waals surface area contributed by atoms with Crippen molar-refractivity contribution >= 4 is 23.3 Å². The molecule has 1 aromatic carbocycles. The van der Waals surface area contributed by atoms with Gasteiger partial charge in [-0.15, -0.1) is 0 Å². The summed E-state index contributed by atoms with van der Waals surface area (Å²) in [6.07, 6.45) is -0.758. The van der Waals surface area contributed by atoms with E-state index in [2.05, 4.69) is 0 Å². The highest BCUT2D eigenvalue weighted by Crippen LogP contribution is 2.38. The second-order valence-corrected chi connectivity index (χ2v) is 6.69. The van der Waals surface area contributed by atoms with Gasteiger partial charge in [0.15, 0.2) is 6.10 Å². The number of nitro benzene ring substituents is 1. The molecule has 0 radical (unpaired) electrons. The van der Waals surface area contributed by atoms with Crippen LogP contribution in [0.5, 0.6) is 5.75 Å². The number of hydrogen-bond donors (Lipinski definition) is 0. The number of nitro groups is 1. The number of carbonyl (C=O) groups is 2. The van der Waals surface area contributed by atoms with Gasteiger partial charge in [0.25, 0.3) is 11.6 Å². The molecule has 0 N–H and O–H groups in total. The fourth-order valence-electron chi connectivity index (χ4n) is 2.41. The Morgan fingerprint density at radius 3 is 2.60 bits per heavy atom. The largest absolute Gasteiger partial charge is 0.478 e. The Balaban J connectivity index is 2.34. The van der Waals surface area contributed by atoms with Crippen molar-refractivity contribution in [2.45, 2.75) is 33.8 Å². The minimum absolute atomic E-state index is 0.120. The molecule has 0 spiro atoms. The molecule has 1 aliphatic rings. The number of fused-ring (bicyclic) bond motifs is 1. The summed E-state index contributed by atoms with van der Waals surface area (Å²) in [6.45, 7) is 7.39. The first-order valence-electron chi connectivity index (χ1n) is 8.12. The molecule has 8 heteroatoms. The summed E-state index contributed by atoms with van der Waals surface area (Å²) in [7, 11) is 0. The van der Waals surface area contributed by atoms with Crippen molar-refractivity contribution in [2.24, 2.45) is 11.8 Å². The number of benzene rings is 1. The number of amides is 1. The Labute approximate surface area is 145 Å². The summed E-state index contributed by atoms with van der Waals surface area (Å²) in [5, 5.41) is 11.0. The highest BCUT2D eigenvalue weighted by atomic mass is 16.6. The van der Waals surface area contributed by atoms with E-state index in [1.54, 1.807) is 0 Å². The van der Waals surface area contributed by atoms with E-state index in [-0.39, 0.29) is 36.4 Å². The second-order valence-electron chi connectivity index (χ2n) is 6.69. The molecule has 1 atom stereocenters. The predicted molar refractivity (Wildman–Crippen MR) is 90.5 cm³/mol. The molecule has 0 aromatic heterocycles. The summed E-state index contributed by atoms with van der Waals surface area (Å²) < 4.78 is 10.8. The van der Waals surface area contributed by atoms with Crippen molar-refractivity contribution in [1.29, 1.82) is 0 Å². The van der Waals surface area contributed by atoms with Gasteiger partial charge in [-0.3, -0.25) is 24.6 Å². The lowest BCUT2D eigenvalue weighted by atomic mass is 10.0. The third-order valence-electron chi connectivity index (χ3n) is 3.68. The van der Waals surface area contributed by atoms with Gasteiger partial charge in [0.05, 0.1) is 17.2 Å². The summed E-state index contributed by atoms with van der Waals surface area (Å²) in [5.41, 5.74) is 0.0243. The van der Waals surface area contributed by atoms with Gasteiger partial charge in [-0.2, -0.15) is 0 Å². The Bertz CT molecular complexity index is 686. The van der Waals surface area contributed by atoms with E-state index in [0.29, 0.717) is 5.75 Å². The van der Waals surface area contributed by atoms with Crippen LogP contribution < -0.4 is 9.64 Å². The van der Waals surface area contributed by atoms with Crippen LogP contribution in [0, 0.1) is 22.0 Å². The Morgan fingerprint density at radius 2 is 2.04 bits per heavy atom. The highest BCUT2D eigenvalue weighted by Gasteiger charge is 2.38. The standard InChI is InChI=1S/C17H22N2O6/c1-10(2)9-24-15(20)8-18-13-7-12(19(22)23)5-6-14(13)25-16(11(3)4)17(18)21/h5-7,10-11,16H,8-9H2,1-4H3. The van der Waals surface area contributed by atoms with Gasteiger partial charge in [0.1, 0.15) is 12.3 Å². The Kier molecular flexibility index (Phi) is 5.61. The number of anilines is 1. The van der Waals surface area contributed by atoms with Crippen molar-refractivity contribution in [2.75, 3.05) is 18.1 Å². The SMILES string of the molecule is CC(C)COC(=O)CN1C(=O)C(C(C)C)Oc2ccc([N+](=O)[O-])cc21. The number of non-ortho nitro benzene ring substituents is 1. The van der Waals surface area contributed by atoms with E-state index < -0.39 is 22.9 Å². The number of ether oxygens (including phenoxy) is 2. The zero-order valence-electron chi connectivity index (χ0n) is 14.7. The average Bonchev–Trinajstić information content (AvgIpc) is 2.54. The lowest BCUT2D eigenvalue weighted by Crippen LogP contribution is -2.50. The maximum absolute atomic E-state index is 12.7. The molecule has 0 aliphatic carbocycles. The van der Waals surface area contributed by atoms with Crippen LogP contribution in [-0.2, 0) is 14.3 Å². The molecule has 1 heterocycles. The van der Waals surface area contributed by atoms with Gasteiger partial charge >= 0.3 is 5.97 Å². The average molecular weight is 350 g/mol. The van der Waals surface area contributed by atoms with Crippen LogP contribution in [-0.4, -0.2) is 36.1 Å². The van der Waals surface area contributed by atoms with Gasteiger partial charge in [0, 0.05) is 12.1 Å². The topological polar surface area (TPSA) is 99.0 Å². The van der Waals surface area contributed by atoms with Crippen LogP contribution >= 0.6 is 0 Å². The van der Waals surface area contributed by atoms with Gasteiger partial charge in [-0.05, 0) is 17.9 Å². The number of rotatable bonds is 6. The van der Waals surface area contributed by atoms with E-state index in [4.69, 9.17) is 9.47 Å². The van der Waals surface area contributed by atoms with E-state index in [1.165, 1.54) is 23.1 Å². The molecule has 1 aromatic rings. The zero-order valence-corrected chi connectivity index (χ0v) is 14.7. The first kappa shape index (κ1) is 18.7. The normalized spacial score (nSPS) is 16.6. The van der Waals surface area contributed by atoms with Gasteiger partial charge in [0.2, 0.25) is 0 Å². The lowest BCUT2D eigenvalue weighted by Gasteiger charge is -2.35. The predicted octanol–water partition coefficient (Wildman–Crippen LogP) is 2.54. The first-order valence-corrected chi connectivity index (χ1v) is 8.12. The van der Waals surface area contributed by atoms with Crippen molar-refractivity contribution in [1.82, 2.24) is 0 Å². The summed E-state index contributed by atoms with van der Waals surface area (Å²) in [6, 6.07) is 3.99. The van der Waals surface area contributed by atoms with Crippen LogP contribution in [0.1, 0.15) is 27.7 Å². The molecule has 8 nitrogen and oxygen atoms in total. The molecular weight excluding hydrogens is 328 g/mol. The molecule has 0 saturated heterocycles. The number of nitrogens with zero attached hydrogens (tertiary/aromatic N) is 2. The molecule has 1 amide bonds. The molecule has 1 aliphatic heterocycles. The Hall–Kier alpha value is -2.64. The van der Waals surface area contributed by atoms with Gasteiger partial charge in [-0.25, -0.2) is 0 Å². The molecular formula is C17H22N2O6. The third kappa shape index (κ3) is 4.26. The maximum Gasteiger partial charge on any atom is 0.326 e. The molecule has 136 valence electrons. The second kappa shape index (κ2) is 7.50. The van der Waals surface area contributed by atoms with Crippen LogP contribution in [0.2, 0.25) is 0 Å². The van der Waals surface area contributed by atoms with Crippen molar-refractivity contribution in [3.63, 3.8) is 0 Å². The number of esters is 1. The van der Waals surface area contributed by atoms with Gasteiger partial charge in [-0.1, -0.05) is 27.7 Å². The number of hydrogen-bond acceptors (Lipinski definition) is 6. The van der Waals surface area contributed by atoms with Crippen LogP contribution in [0.15, 0.2) is 18.2 Å². The summed E-state index contributed by atoms with van der Waals surface area (Å²) in [5.74, 6) is -0.597. The maximum atomic E-state index is 12.7. The van der Waals surface area contributed by atoms with Crippen molar-refractivity contribution in [3.05, 3.63) is 28.3 Å². The monoisotopic (exact) mass is 350 g/mol. The lowest BCUT2D eigenvalue weighted by molar-refractivity contribution is -0.384. The zero-order chi connectivity index (χ0) is 18.7. The quantitative estimate of drug-likeness (QED) is 0.444. The smallest absolute Gasteiger partial charge is 0.326 e. The van der Waals surface area contributed by atoms with E-state index in [9.17, 15) is 19.7 Å². The molecule has 2 rings (SSSR count). The van der Waals surface area contributed by atoms with Crippen LogP contribution in [0.3, 0.4) is 0 Å². The summed E-state index contributed by atoms with van der Waals surface area (Å²) in [4.78, 5) is 36.4. The molecule has 0 saturated carbocycles. The minimum atomic E-state index is -0.758. The van der Waals surface area contributed by atoms with E-state index >= 15 is 0 Å². The minimum Gasteiger partial charge on any atom is -0.478 e. The third-order valence-corrected chi connectivity index (χ3v) is 3.68. The van der Waals surface area contributed by atoms with Crippen LogP contribution in [0.4, 0.5) is 11.4 Å². The fraction of sp³-hybridized carbons (Fsp3) is 0.529. The van der Waals surface area contributed by atoms with Crippen LogP contribution in [0.25, 0.3) is 0 Å². The Morgan fingerprint density at radius 1 is 1.36 bits per heavy atom. The number of carbonyl (C=O) groups excluding carboxylic acids is 2. The van der Waals surface area contributed by atoms with Gasteiger partial charge < -0.3 is 9.47 Å². The molecule has 0 fully saturated rings. The van der Waals surface area contributed by atoms with Crippen molar-refractivity contribution < 1.29 is 24.0 Å². The molecule has 25 heavy (non-hydrogen) atoms. The van der Waals surface area contributed by atoms with E-state index in [1.807, 2.05) is 27.7 Å². The van der Waals surface area contributed by atoms with E-state index in [0.717, 1.165) is 0 Å². The van der Waals surface area contributed by atoms with Crippen molar-refractivity contribution in [3.8, 4) is 5.75 Å².